The number of amides is 2. The van der Waals surface area contributed by atoms with Gasteiger partial charge in [0.2, 0.25) is 17.5 Å². The SMILES string of the molecule is Cc1ccc2cc(-c3ccc4c(C5CCC(=O)NC5=O)coc4n3)n(C(=O)OC(C)(C)C)c2c1. The van der Waals surface area contributed by atoms with Crippen molar-refractivity contribution in [1.29, 1.82) is 0 Å². The van der Waals surface area contributed by atoms with E-state index in [-0.39, 0.29) is 18.2 Å². The molecule has 4 aromatic rings. The third kappa shape index (κ3) is 3.85. The van der Waals surface area contributed by atoms with Gasteiger partial charge in [0.15, 0.2) is 0 Å². The molecule has 1 saturated heterocycles. The quantitative estimate of drug-likeness (QED) is 0.420. The Labute approximate surface area is 195 Å². The first-order chi connectivity index (χ1) is 16.1. The number of ether oxygens (including phenoxy) is 1. The number of imide groups is 1. The van der Waals surface area contributed by atoms with E-state index < -0.39 is 17.6 Å². The molecule has 1 atom stereocenters. The van der Waals surface area contributed by atoms with Gasteiger partial charge in [-0.25, -0.2) is 14.3 Å². The van der Waals surface area contributed by atoms with Crippen LogP contribution in [0.4, 0.5) is 4.79 Å². The van der Waals surface area contributed by atoms with Crippen LogP contribution in [0.3, 0.4) is 0 Å². The highest BCUT2D eigenvalue weighted by atomic mass is 16.6. The summed E-state index contributed by atoms with van der Waals surface area (Å²) >= 11 is 0. The Morgan fingerprint density at radius 3 is 2.71 bits per heavy atom. The van der Waals surface area contributed by atoms with E-state index in [1.807, 2.05) is 58.0 Å². The largest absolute Gasteiger partial charge is 0.446 e. The normalized spacial score (nSPS) is 16.8. The molecule has 8 nitrogen and oxygen atoms in total. The highest BCUT2D eigenvalue weighted by Crippen LogP contribution is 2.35. The first-order valence-electron chi connectivity index (χ1n) is 11.2. The number of fused-ring (bicyclic) bond motifs is 2. The van der Waals surface area contributed by atoms with Crippen molar-refractivity contribution in [2.24, 2.45) is 0 Å². The van der Waals surface area contributed by atoms with Gasteiger partial charge < -0.3 is 9.15 Å². The average molecular weight is 460 g/mol. The molecule has 1 fully saturated rings. The molecule has 1 aliphatic heterocycles. The van der Waals surface area contributed by atoms with Crippen LogP contribution in [0.1, 0.15) is 50.7 Å². The monoisotopic (exact) mass is 459 g/mol. The number of furan rings is 1. The fourth-order valence-electron chi connectivity index (χ4n) is 4.34. The molecule has 0 saturated carbocycles. The van der Waals surface area contributed by atoms with E-state index in [0.29, 0.717) is 34.5 Å². The van der Waals surface area contributed by atoms with Crippen LogP contribution in [0, 0.1) is 6.92 Å². The molecule has 1 unspecified atom stereocenters. The molecule has 0 bridgehead atoms. The smallest absolute Gasteiger partial charge is 0.419 e. The summed E-state index contributed by atoms with van der Waals surface area (Å²) in [6, 6.07) is 11.4. The third-order valence-electron chi connectivity index (χ3n) is 5.88. The van der Waals surface area contributed by atoms with Crippen LogP contribution < -0.4 is 5.32 Å². The van der Waals surface area contributed by atoms with Gasteiger partial charge in [-0.3, -0.25) is 14.9 Å². The number of aryl methyl sites for hydroxylation is 1. The van der Waals surface area contributed by atoms with Crippen molar-refractivity contribution < 1.29 is 23.5 Å². The summed E-state index contributed by atoms with van der Waals surface area (Å²) in [5.74, 6) is -1.06. The molecular formula is C26H25N3O5. The lowest BCUT2D eigenvalue weighted by molar-refractivity contribution is -0.134. The van der Waals surface area contributed by atoms with Crippen LogP contribution in [0.2, 0.25) is 0 Å². The molecule has 0 spiro atoms. The fraction of sp³-hybridized carbons (Fsp3) is 0.308. The minimum atomic E-state index is -0.663. The number of nitrogens with one attached hydrogen (secondary N) is 1. The second kappa shape index (κ2) is 7.83. The predicted octanol–water partition coefficient (Wildman–Crippen LogP) is 5.06. The fourth-order valence-corrected chi connectivity index (χ4v) is 4.34. The van der Waals surface area contributed by atoms with E-state index in [9.17, 15) is 14.4 Å². The summed E-state index contributed by atoms with van der Waals surface area (Å²) in [5.41, 5.74) is 3.26. The van der Waals surface area contributed by atoms with Crippen molar-refractivity contribution in [3.63, 3.8) is 0 Å². The zero-order chi connectivity index (χ0) is 24.2. The number of pyridine rings is 1. The molecule has 4 heterocycles. The van der Waals surface area contributed by atoms with Crippen molar-refractivity contribution in [3.8, 4) is 11.4 Å². The molecule has 8 heteroatoms. The molecule has 1 aliphatic rings. The van der Waals surface area contributed by atoms with Crippen LogP contribution in [0.5, 0.6) is 0 Å². The van der Waals surface area contributed by atoms with Gasteiger partial charge in [0.05, 0.1) is 29.1 Å². The summed E-state index contributed by atoms with van der Waals surface area (Å²) in [6.07, 6.45) is 1.74. The zero-order valence-corrected chi connectivity index (χ0v) is 19.5. The molecular weight excluding hydrogens is 434 g/mol. The van der Waals surface area contributed by atoms with Gasteiger partial charge in [0.25, 0.3) is 0 Å². The highest BCUT2D eigenvalue weighted by molar-refractivity contribution is 6.03. The zero-order valence-electron chi connectivity index (χ0n) is 19.5. The lowest BCUT2D eigenvalue weighted by Crippen LogP contribution is -2.39. The average Bonchev–Trinajstić information content (AvgIpc) is 3.33. The maximum Gasteiger partial charge on any atom is 0.419 e. The Morgan fingerprint density at radius 1 is 1.18 bits per heavy atom. The Kier molecular flexibility index (Phi) is 5.04. The minimum absolute atomic E-state index is 0.264. The molecule has 0 aliphatic carbocycles. The number of rotatable bonds is 2. The maximum atomic E-state index is 13.2. The van der Waals surface area contributed by atoms with Gasteiger partial charge in [0.1, 0.15) is 5.60 Å². The second-order valence-electron chi connectivity index (χ2n) is 9.65. The van der Waals surface area contributed by atoms with E-state index in [4.69, 9.17) is 9.15 Å². The summed E-state index contributed by atoms with van der Waals surface area (Å²) in [7, 11) is 0. The van der Waals surface area contributed by atoms with E-state index >= 15 is 0 Å². The number of hydrogen-bond acceptors (Lipinski definition) is 6. The van der Waals surface area contributed by atoms with Gasteiger partial charge in [-0.2, -0.15) is 0 Å². The van der Waals surface area contributed by atoms with Crippen molar-refractivity contribution in [2.75, 3.05) is 0 Å². The summed E-state index contributed by atoms with van der Waals surface area (Å²) in [6.45, 7) is 7.44. The highest BCUT2D eigenvalue weighted by Gasteiger charge is 2.31. The molecule has 34 heavy (non-hydrogen) atoms. The van der Waals surface area contributed by atoms with Crippen molar-refractivity contribution in [3.05, 3.63) is 53.8 Å². The number of piperidine rings is 1. The van der Waals surface area contributed by atoms with Crippen LogP contribution in [-0.2, 0) is 14.3 Å². The second-order valence-corrected chi connectivity index (χ2v) is 9.65. The van der Waals surface area contributed by atoms with Gasteiger partial charge >= 0.3 is 6.09 Å². The summed E-state index contributed by atoms with van der Waals surface area (Å²) < 4.78 is 12.9. The lowest BCUT2D eigenvalue weighted by Gasteiger charge is -2.21. The Morgan fingerprint density at radius 2 is 1.97 bits per heavy atom. The number of aromatic nitrogens is 2. The molecule has 3 aromatic heterocycles. The Hall–Kier alpha value is -3.94. The maximum absolute atomic E-state index is 13.2. The van der Waals surface area contributed by atoms with Gasteiger partial charge in [-0.1, -0.05) is 12.1 Å². The van der Waals surface area contributed by atoms with E-state index in [2.05, 4.69) is 10.3 Å². The molecule has 2 amide bonds. The number of carbonyl (C=O) groups excluding carboxylic acids is 3. The number of carbonyl (C=O) groups is 3. The van der Waals surface area contributed by atoms with Gasteiger partial charge in [0, 0.05) is 22.8 Å². The first-order valence-corrected chi connectivity index (χ1v) is 11.2. The van der Waals surface area contributed by atoms with E-state index in [1.165, 1.54) is 10.8 Å². The van der Waals surface area contributed by atoms with Gasteiger partial charge in [-0.05, 0) is 63.9 Å². The summed E-state index contributed by atoms with van der Waals surface area (Å²) in [5, 5.41) is 3.97. The van der Waals surface area contributed by atoms with Crippen LogP contribution in [0.25, 0.3) is 33.4 Å². The molecule has 174 valence electrons. The van der Waals surface area contributed by atoms with E-state index in [0.717, 1.165) is 16.5 Å². The predicted molar refractivity (Wildman–Crippen MR) is 126 cm³/mol. The van der Waals surface area contributed by atoms with Crippen LogP contribution in [-0.4, -0.2) is 33.1 Å². The lowest BCUT2D eigenvalue weighted by atomic mass is 9.90. The standard InChI is InChI=1S/C26H25N3O5/c1-14-5-6-15-12-21(29(20(15)11-14)25(32)34-26(2,3)4)19-9-7-17-18(13-33-24(17)27-19)16-8-10-22(30)28-23(16)31/h5-7,9,11-13,16H,8,10H2,1-4H3,(H,28,30,31). The van der Waals surface area contributed by atoms with Crippen molar-refractivity contribution in [1.82, 2.24) is 14.9 Å². The molecule has 1 N–H and O–H groups in total. The van der Waals surface area contributed by atoms with Crippen LogP contribution >= 0.6 is 0 Å². The topological polar surface area (TPSA) is 103 Å². The van der Waals surface area contributed by atoms with Crippen LogP contribution in [0.15, 0.2) is 47.1 Å². The minimum Gasteiger partial charge on any atom is -0.446 e. The van der Waals surface area contributed by atoms with E-state index in [1.54, 1.807) is 6.07 Å². The number of hydrogen-bond donors (Lipinski definition) is 1. The molecule has 1 aromatic carbocycles. The Balaban J connectivity index is 1.61. The van der Waals surface area contributed by atoms with Crippen molar-refractivity contribution in [2.45, 2.75) is 52.1 Å². The molecule has 5 rings (SSSR count). The first kappa shape index (κ1) is 21.9. The number of benzene rings is 1. The number of nitrogens with zero attached hydrogens (tertiary/aromatic N) is 2. The molecule has 0 radical (unpaired) electrons. The van der Waals surface area contributed by atoms with Gasteiger partial charge in [-0.15, -0.1) is 0 Å². The van der Waals surface area contributed by atoms with Crippen molar-refractivity contribution >= 4 is 39.9 Å². The Bertz CT molecular complexity index is 1470. The third-order valence-corrected chi connectivity index (χ3v) is 5.88. The summed E-state index contributed by atoms with van der Waals surface area (Å²) in [4.78, 5) is 41.7.